The lowest BCUT2D eigenvalue weighted by molar-refractivity contribution is 0.168. The van der Waals surface area contributed by atoms with Crippen molar-refractivity contribution in [3.63, 3.8) is 0 Å². The first kappa shape index (κ1) is 14.5. The van der Waals surface area contributed by atoms with Gasteiger partial charge < -0.3 is 5.73 Å². The summed E-state index contributed by atoms with van der Waals surface area (Å²) in [6.07, 6.45) is 2.67. The van der Waals surface area contributed by atoms with Crippen molar-refractivity contribution in [2.45, 2.75) is 45.1 Å². The van der Waals surface area contributed by atoms with Crippen LogP contribution in [-0.2, 0) is 5.41 Å². The smallest absolute Gasteiger partial charge is 0.0174 e. The van der Waals surface area contributed by atoms with Crippen LogP contribution >= 0.6 is 0 Å². The number of likely N-dealkylation sites (tertiary alicyclic amines) is 1. The topological polar surface area (TPSA) is 29.3 Å². The van der Waals surface area contributed by atoms with Crippen LogP contribution in [0.3, 0.4) is 0 Å². The number of benzene rings is 1. The van der Waals surface area contributed by atoms with E-state index in [4.69, 9.17) is 5.73 Å². The van der Waals surface area contributed by atoms with Crippen LogP contribution in [0.1, 0.15) is 39.2 Å². The molecular weight excluding hydrogens is 232 g/mol. The summed E-state index contributed by atoms with van der Waals surface area (Å²) < 4.78 is 0. The van der Waals surface area contributed by atoms with Gasteiger partial charge in [-0.1, -0.05) is 51.1 Å². The van der Waals surface area contributed by atoms with E-state index in [1.807, 2.05) is 0 Å². The lowest BCUT2D eigenvalue weighted by Crippen LogP contribution is -2.46. The minimum absolute atomic E-state index is 0.0682. The molecule has 1 saturated heterocycles. The van der Waals surface area contributed by atoms with E-state index in [1.54, 1.807) is 0 Å². The molecule has 2 heteroatoms. The fraction of sp³-hybridized carbons (Fsp3) is 0.647. The number of nitrogens with two attached hydrogens (primary N) is 1. The van der Waals surface area contributed by atoms with Crippen LogP contribution < -0.4 is 5.73 Å². The highest BCUT2D eigenvalue weighted by Crippen LogP contribution is 2.30. The molecule has 1 aromatic rings. The molecule has 1 aliphatic rings. The molecule has 19 heavy (non-hydrogen) atoms. The Bertz CT molecular complexity index is 388. The zero-order valence-corrected chi connectivity index (χ0v) is 12.6. The first-order valence-electron chi connectivity index (χ1n) is 7.56. The predicted octanol–water partition coefficient (Wildman–Crippen LogP) is 3.02. The minimum atomic E-state index is 0.0682. The van der Waals surface area contributed by atoms with Crippen molar-refractivity contribution >= 4 is 0 Å². The summed E-state index contributed by atoms with van der Waals surface area (Å²) in [6.45, 7) is 9.99. The van der Waals surface area contributed by atoms with Gasteiger partial charge in [-0.2, -0.15) is 0 Å². The van der Waals surface area contributed by atoms with E-state index in [9.17, 15) is 0 Å². The van der Waals surface area contributed by atoms with Crippen LogP contribution in [0, 0.1) is 5.92 Å². The largest absolute Gasteiger partial charge is 0.330 e. The molecule has 1 fully saturated rings. The van der Waals surface area contributed by atoms with E-state index in [2.05, 4.69) is 56.0 Å². The van der Waals surface area contributed by atoms with Crippen LogP contribution in [0.15, 0.2) is 30.3 Å². The van der Waals surface area contributed by atoms with Crippen molar-refractivity contribution in [3.05, 3.63) is 35.9 Å². The lowest BCUT2D eigenvalue weighted by atomic mass is 9.81. The molecule has 1 heterocycles. The molecule has 0 saturated carbocycles. The van der Waals surface area contributed by atoms with Gasteiger partial charge in [-0.05, 0) is 30.9 Å². The van der Waals surface area contributed by atoms with Gasteiger partial charge in [0.25, 0.3) is 0 Å². The van der Waals surface area contributed by atoms with Crippen LogP contribution in [0.2, 0.25) is 0 Å². The van der Waals surface area contributed by atoms with E-state index < -0.39 is 0 Å². The molecule has 0 aliphatic carbocycles. The molecule has 0 aromatic heterocycles. The van der Waals surface area contributed by atoms with Gasteiger partial charge in [0.2, 0.25) is 0 Å². The van der Waals surface area contributed by atoms with Crippen molar-refractivity contribution < 1.29 is 0 Å². The first-order chi connectivity index (χ1) is 9.07. The van der Waals surface area contributed by atoms with Crippen molar-refractivity contribution in [3.8, 4) is 0 Å². The molecule has 0 bridgehead atoms. The SMILES string of the molecule is CC(C)C1CCCN1CC(C)(CN)c1ccccc1. The van der Waals surface area contributed by atoms with Gasteiger partial charge in [0.05, 0.1) is 0 Å². The maximum atomic E-state index is 6.11. The lowest BCUT2D eigenvalue weighted by Gasteiger charge is -2.37. The second-order valence-corrected chi connectivity index (χ2v) is 6.55. The zero-order chi connectivity index (χ0) is 13.9. The normalized spacial score (nSPS) is 23.7. The quantitative estimate of drug-likeness (QED) is 0.882. The third-order valence-electron chi connectivity index (χ3n) is 4.66. The monoisotopic (exact) mass is 260 g/mol. The summed E-state index contributed by atoms with van der Waals surface area (Å²) in [6, 6.07) is 11.5. The second kappa shape index (κ2) is 6.06. The Balaban J connectivity index is 2.14. The van der Waals surface area contributed by atoms with Crippen molar-refractivity contribution in [1.29, 1.82) is 0 Å². The molecule has 106 valence electrons. The third-order valence-corrected chi connectivity index (χ3v) is 4.66. The van der Waals surface area contributed by atoms with Crippen molar-refractivity contribution in [2.75, 3.05) is 19.6 Å². The molecule has 2 rings (SSSR count). The number of hydrogen-bond acceptors (Lipinski definition) is 2. The molecule has 2 N–H and O–H groups in total. The van der Waals surface area contributed by atoms with E-state index in [1.165, 1.54) is 24.9 Å². The maximum absolute atomic E-state index is 6.11. The molecule has 2 unspecified atom stereocenters. The Kier molecular flexibility index (Phi) is 4.64. The summed E-state index contributed by atoms with van der Waals surface area (Å²) in [7, 11) is 0. The predicted molar refractivity (Wildman–Crippen MR) is 82.3 cm³/mol. The summed E-state index contributed by atoms with van der Waals surface area (Å²) in [5.41, 5.74) is 7.55. The highest BCUT2D eigenvalue weighted by molar-refractivity contribution is 5.25. The average molecular weight is 260 g/mol. The Morgan fingerprint density at radius 2 is 2.00 bits per heavy atom. The summed E-state index contributed by atoms with van der Waals surface area (Å²) in [5.74, 6) is 0.736. The Hall–Kier alpha value is -0.860. The number of nitrogens with zero attached hydrogens (tertiary/aromatic N) is 1. The van der Waals surface area contributed by atoms with Crippen molar-refractivity contribution in [2.24, 2.45) is 11.7 Å². The highest BCUT2D eigenvalue weighted by atomic mass is 15.2. The van der Waals surface area contributed by atoms with Gasteiger partial charge in [-0.3, -0.25) is 4.90 Å². The van der Waals surface area contributed by atoms with Gasteiger partial charge in [-0.15, -0.1) is 0 Å². The molecule has 2 nitrogen and oxygen atoms in total. The molecule has 0 spiro atoms. The molecule has 2 atom stereocenters. The average Bonchev–Trinajstić information content (AvgIpc) is 2.87. The standard InChI is InChI=1S/C17H28N2/c1-14(2)16-10-7-11-19(16)13-17(3,12-18)15-8-5-4-6-9-15/h4-6,8-9,14,16H,7,10-13,18H2,1-3H3. The van der Waals surface area contributed by atoms with E-state index in [0.29, 0.717) is 6.54 Å². The maximum Gasteiger partial charge on any atom is 0.0174 e. The van der Waals surface area contributed by atoms with Crippen molar-refractivity contribution in [1.82, 2.24) is 4.90 Å². The fourth-order valence-electron chi connectivity index (χ4n) is 3.37. The Morgan fingerprint density at radius 3 is 2.58 bits per heavy atom. The van der Waals surface area contributed by atoms with Crippen LogP contribution in [0.25, 0.3) is 0 Å². The third kappa shape index (κ3) is 3.18. The van der Waals surface area contributed by atoms with E-state index in [0.717, 1.165) is 18.5 Å². The minimum Gasteiger partial charge on any atom is -0.330 e. The molecular formula is C17H28N2. The number of hydrogen-bond donors (Lipinski definition) is 1. The molecule has 1 aromatic carbocycles. The summed E-state index contributed by atoms with van der Waals surface area (Å²) >= 11 is 0. The molecule has 1 aliphatic heterocycles. The van der Waals surface area contributed by atoms with Gasteiger partial charge in [-0.25, -0.2) is 0 Å². The van der Waals surface area contributed by atoms with Crippen LogP contribution in [0.5, 0.6) is 0 Å². The summed E-state index contributed by atoms with van der Waals surface area (Å²) in [5, 5.41) is 0. The van der Waals surface area contributed by atoms with Gasteiger partial charge in [0.1, 0.15) is 0 Å². The summed E-state index contributed by atoms with van der Waals surface area (Å²) in [4.78, 5) is 2.66. The first-order valence-corrected chi connectivity index (χ1v) is 7.56. The number of rotatable bonds is 5. The Morgan fingerprint density at radius 1 is 1.32 bits per heavy atom. The van der Waals surface area contributed by atoms with E-state index >= 15 is 0 Å². The molecule has 0 amide bonds. The Labute approximate surface area is 118 Å². The second-order valence-electron chi connectivity index (χ2n) is 6.55. The van der Waals surface area contributed by atoms with E-state index in [-0.39, 0.29) is 5.41 Å². The molecule has 0 radical (unpaired) electrons. The van der Waals surface area contributed by atoms with Gasteiger partial charge in [0.15, 0.2) is 0 Å². The fourth-order valence-corrected chi connectivity index (χ4v) is 3.37. The zero-order valence-electron chi connectivity index (χ0n) is 12.6. The van der Waals surface area contributed by atoms with Crippen LogP contribution in [-0.4, -0.2) is 30.6 Å². The van der Waals surface area contributed by atoms with Gasteiger partial charge in [0, 0.05) is 24.5 Å². The van der Waals surface area contributed by atoms with Crippen LogP contribution in [0.4, 0.5) is 0 Å². The van der Waals surface area contributed by atoms with Gasteiger partial charge >= 0.3 is 0 Å². The highest BCUT2D eigenvalue weighted by Gasteiger charge is 2.34.